The van der Waals surface area contributed by atoms with Crippen LogP contribution < -0.4 is 5.32 Å². The van der Waals surface area contributed by atoms with Gasteiger partial charge in [0.15, 0.2) is 0 Å². The maximum absolute atomic E-state index is 9.06. The molecule has 1 N–H and O–H groups in total. The average molecular weight is 212 g/mol. The first-order chi connectivity index (χ1) is 7.81. The number of hydrogen-bond acceptors (Lipinski definition) is 2. The van der Waals surface area contributed by atoms with Crippen LogP contribution in [-0.4, -0.2) is 6.04 Å². The molecular weight excluding hydrogens is 196 g/mol. The molecule has 16 heavy (non-hydrogen) atoms. The van der Waals surface area contributed by atoms with Gasteiger partial charge < -0.3 is 5.32 Å². The molecule has 0 saturated heterocycles. The van der Waals surface area contributed by atoms with E-state index in [2.05, 4.69) is 31.0 Å². The van der Waals surface area contributed by atoms with Crippen molar-refractivity contribution >= 4 is 5.69 Å². The summed E-state index contributed by atoms with van der Waals surface area (Å²) in [6.45, 7) is 6.06. The van der Waals surface area contributed by atoms with Gasteiger partial charge in [0.1, 0.15) is 6.07 Å². The minimum atomic E-state index is 0.268. The second-order valence-electron chi connectivity index (χ2n) is 4.18. The molecule has 0 aromatic heterocycles. The summed E-state index contributed by atoms with van der Waals surface area (Å²) >= 11 is 0. The molecule has 2 nitrogen and oxygen atoms in total. The van der Waals surface area contributed by atoms with Crippen molar-refractivity contribution < 1.29 is 0 Å². The highest BCUT2D eigenvalue weighted by Crippen LogP contribution is 2.40. The first-order valence-electron chi connectivity index (χ1n) is 5.74. The molecule has 2 heteroatoms. The molecule has 1 aromatic rings. The van der Waals surface area contributed by atoms with Crippen LogP contribution in [0.25, 0.3) is 0 Å². The summed E-state index contributed by atoms with van der Waals surface area (Å²) in [6.07, 6.45) is 4.22. The van der Waals surface area contributed by atoms with Crippen molar-refractivity contribution in [2.45, 2.75) is 31.7 Å². The van der Waals surface area contributed by atoms with E-state index in [0.717, 1.165) is 24.1 Å². The van der Waals surface area contributed by atoms with Gasteiger partial charge in [0.25, 0.3) is 0 Å². The molecule has 0 radical (unpaired) electrons. The van der Waals surface area contributed by atoms with Crippen LogP contribution in [0.15, 0.2) is 30.9 Å². The first kappa shape index (κ1) is 10.8. The number of para-hydroxylation sites is 1. The Morgan fingerprint density at radius 1 is 1.56 bits per heavy atom. The lowest BCUT2D eigenvalue weighted by atomic mass is 9.90. The predicted octanol–water partition coefficient (Wildman–Crippen LogP) is 3.42. The van der Waals surface area contributed by atoms with Crippen molar-refractivity contribution in [2.24, 2.45) is 0 Å². The van der Waals surface area contributed by atoms with Crippen molar-refractivity contribution in [2.75, 3.05) is 5.32 Å². The number of hydrogen-bond donors (Lipinski definition) is 1. The summed E-state index contributed by atoms with van der Waals surface area (Å²) in [5.41, 5.74) is 3.02. The van der Waals surface area contributed by atoms with E-state index in [0.29, 0.717) is 5.92 Å². The van der Waals surface area contributed by atoms with Crippen LogP contribution >= 0.6 is 0 Å². The van der Waals surface area contributed by atoms with Crippen molar-refractivity contribution in [1.82, 2.24) is 0 Å². The van der Waals surface area contributed by atoms with Crippen molar-refractivity contribution in [1.29, 1.82) is 5.26 Å². The quantitative estimate of drug-likeness (QED) is 0.779. The number of anilines is 1. The molecule has 2 atom stereocenters. The summed E-state index contributed by atoms with van der Waals surface area (Å²) in [6, 6.07) is 8.45. The minimum absolute atomic E-state index is 0.268. The maximum atomic E-state index is 9.06. The summed E-state index contributed by atoms with van der Waals surface area (Å²) in [7, 11) is 0. The Hall–Kier alpha value is -1.75. The van der Waals surface area contributed by atoms with Crippen molar-refractivity contribution in [3.63, 3.8) is 0 Å². The van der Waals surface area contributed by atoms with Crippen LogP contribution in [0.2, 0.25) is 0 Å². The molecule has 1 aliphatic rings. The normalized spacial score (nSPS) is 22.0. The number of nitriles is 1. The van der Waals surface area contributed by atoms with Gasteiger partial charge in [0.2, 0.25) is 0 Å². The second kappa shape index (κ2) is 4.40. The van der Waals surface area contributed by atoms with Gasteiger partial charge >= 0.3 is 0 Å². The highest BCUT2D eigenvalue weighted by Gasteiger charge is 2.30. The third-order valence-corrected chi connectivity index (χ3v) is 3.21. The number of benzene rings is 1. The molecule has 0 aliphatic carbocycles. The Morgan fingerprint density at radius 3 is 3.00 bits per heavy atom. The van der Waals surface area contributed by atoms with Crippen LogP contribution in [0.4, 0.5) is 5.69 Å². The van der Waals surface area contributed by atoms with E-state index in [1.54, 1.807) is 0 Å². The summed E-state index contributed by atoms with van der Waals surface area (Å²) in [5, 5.41) is 12.5. The van der Waals surface area contributed by atoms with Gasteiger partial charge in [0, 0.05) is 5.92 Å². The Labute approximate surface area is 96.6 Å². The highest BCUT2D eigenvalue weighted by molar-refractivity contribution is 5.68. The number of nitrogens with one attached hydrogen (secondary N) is 1. The van der Waals surface area contributed by atoms with Crippen LogP contribution in [0, 0.1) is 11.3 Å². The smallest absolute Gasteiger partial charge is 0.101 e. The molecule has 2 unspecified atom stereocenters. The van der Waals surface area contributed by atoms with Gasteiger partial charge in [-0.2, -0.15) is 5.26 Å². The van der Waals surface area contributed by atoms with E-state index in [1.165, 1.54) is 5.56 Å². The zero-order valence-electron chi connectivity index (χ0n) is 9.53. The minimum Gasteiger partial charge on any atom is -0.377 e. The Kier molecular flexibility index (Phi) is 2.96. The molecule has 82 valence electrons. The Morgan fingerprint density at radius 2 is 2.38 bits per heavy atom. The van der Waals surface area contributed by atoms with Gasteiger partial charge in [-0.3, -0.25) is 0 Å². The fourth-order valence-corrected chi connectivity index (χ4v) is 2.46. The Balaban J connectivity index is 2.45. The van der Waals surface area contributed by atoms with E-state index < -0.39 is 0 Å². The zero-order valence-corrected chi connectivity index (χ0v) is 9.53. The summed E-state index contributed by atoms with van der Waals surface area (Å²) in [4.78, 5) is 0. The van der Waals surface area contributed by atoms with Gasteiger partial charge in [-0.05, 0) is 18.1 Å². The van der Waals surface area contributed by atoms with E-state index in [-0.39, 0.29) is 6.04 Å². The van der Waals surface area contributed by atoms with Crippen LogP contribution in [-0.2, 0) is 0 Å². The standard InChI is InChI=1S/C14H16N2/c1-3-6-11-12-8-5-7-10(9-15)14(12)16-13(11)4-2/h4-5,7-8,11,13,16H,2-3,6H2,1H3. The van der Waals surface area contributed by atoms with Gasteiger partial charge in [-0.25, -0.2) is 0 Å². The van der Waals surface area contributed by atoms with Gasteiger partial charge in [-0.15, -0.1) is 6.58 Å². The van der Waals surface area contributed by atoms with Crippen molar-refractivity contribution in [3.8, 4) is 6.07 Å². The Bertz CT molecular complexity index is 443. The fourth-order valence-electron chi connectivity index (χ4n) is 2.46. The molecule has 2 rings (SSSR count). The first-order valence-corrected chi connectivity index (χ1v) is 5.74. The lowest BCUT2D eigenvalue weighted by Crippen LogP contribution is -2.17. The van der Waals surface area contributed by atoms with Crippen LogP contribution in [0.3, 0.4) is 0 Å². The van der Waals surface area contributed by atoms with E-state index in [1.807, 2.05) is 18.2 Å². The van der Waals surface area contributed by atoms with Crippen LogP contribution in [0.1, 0.15) is 36.8 Å². The number of rotatable bonds is 3. The summed E-state index contributed by atoms with van der Waals surface area (Å²) < 4.78 is 0. The lowest BCUT2D eigenvalue weighted by molar-refractivity contribution is 0.605. The van der Waals surface area contributed by atoms with Crippen molar-refractivity contribution in [3.05, 3.63) is 42.0 Å². The third kappa shape index (κ3) is 1.59. The molecule has 0 amide bonds. The van der Waals surface area contributed by atoms with E-state index in [4.69, 9.17) is 5.26 Å². The number of nitrogens with zero attached hydrogens (tertiary/aromatic N) is 1. The molecule has 0 bridgehead atoms. The molecular formula is C14H16N2. The predicted molar refractivity (Wildman–Crippen MR) is 66.4 cm³/mol. The molecule has 0 spiro atoms. The third-order valence-electron chi connectivity index (χ3n) is 3.21. The van der Waals surface area contributed by atoms with Gasteiger partial charge in [0.05, 0.1) is 17.3 Å². The SMILES string of the molecule is C=CC1Nc2c(C#N)cccc2C1CCC. The second-order valence-corrected chi connectivity index (χ2v) is 4.18. The van der Waals surface area contributed by atoms with Crippen LogP contribution in [0.5, 0.6) is 0 Å². The monoisotopic (exact) mass is 212 g/mol. The molecule has 0 saturated carbocycles. The molecule has 0 fully saturated rings. The average Bonchev–Trinajstić information content (AvgIpc) is 2.68. The highest BCUT2D eigenvalue weighted by atomic mass is 15.0. The summed E-state index contributed by atoms with van der Waals surface area (Å²) in [5.74, 6) is 0.464. The van der Waals surface area contributed by atoms with E-state index >= 15 is 0 Å². The molecule has 1 heterocycles. The molecule has 1 aromatic carbocycles. The number of fused-ring (bicyclic) bond motifs is 1. The lowest BCUT2D eigenvalue weighted by Gasteiger charge is -2.15. The maximum Gasteiger partial charge on any atom is 0.101 e. The largest absolute Gasteiger partial charge is 0.377 e. The zero-order chi connectivity index (χ0) is 11.5. The fraction of sp³-hybridized carbons (Fsp3) is 0.357. The topological polar surface area (TPSA) is 35.8 Å². The molecule has 1 aliphatic heterocycles. The van der Waals surface area contributed by atoms with Gasteiger partial charge in [-0.1, -0.05) is 31.6 Å². The van der Waals surface area contributed by atoms with E-state index in [9.17, 15) is 0 Å².